The molecule has 100 valence electrons. The summed E-state index contributed by atoms with van der Waals surface area (Å²) in [6.45, 7) is 4.66. The molecule has 5 heteroatoms. The Hall–Kier alpha value is -1.62. The number of benzene rings is 1. The number of amides is 2. The van der Waals surface area contributed by atoms with Crippen LogP contribution in [0.4, 0.5) is 9.18 Å². The van der Waals surface area contributed by atoms with Crippen LogP contribution in [0.2, 0.25) is 0 Å². The van der Waals surface area contributed by atoms with Crippen LogP contribution in [-0.4, -0.2) is 24.2 Å². The van der Waals surface area contributed by atoms with E-state index in [1.807, 2.05) is 13.8 Å². The maximum absolute atomic E-state index is 12.7. The topological polar surface area (TPSA) is 61.4 Å². The van der Waals surface area contributed by atoms with Crippen molar-refractivity contribution in [2.45, 2.75) is 20.0 Å². The first kappa shape index (κ1) is 14.4. The zero-order chi connectivity index (χ0) is 13.5. The molecule has 0 heterocycles. The lowest BCUT2D eigenvalue weighted by atomic mass is 10.1. The highest BCUT2D eigenvalue weighted by molar-refractivity contribution is 5.73. The lowest BCUT2D eigenvalue weighted by molar-refractivity contribution is 0.173. The predicted octanol–water partition coefficient (Wildman–Crippen LogP) is 1.81. The van der Waals surface area contributed by atoms with Gasteiger partial charge in [0.15, 0.2) is 0 Å². The van der Waals surface area contributed by atoms with Gasteiger partial charge in [-0.3, -0.25) is 0 Å². The summed E-state index contributed by atoms with van der Waals surface area (Å²) in [5, 5.41) is 15.0. The predicted molar refractivity (Wildman–Crippen MR) is 67.6 cm³/mol. The van der Waals surface area contributed by atoms with E-state index in [0.29, 0.717) is 18.0 Å². The van der Waals surface area contributed by atoms with E-state index in [0.717, 1.165) is 0 Å². The smallest absolute Gasteiger partial charge is 0.314 e. The van der Waals surface area contributed by atoms with Crippen molar-refractivity contribution in [3.63, 3.8) is 0 Å². The zero-order valence-electron chi connectivity index (χ0n) is 10.6. The van der Waals surface area contributed by atoms with Gasteiger partial charge in [-0.1, -0.05) is 26.0 Å². The standard InChI is InChI=1S/C13H19FN2O2/c1-9(2)7-15-13(18)16-8-12(17)10-3-5-11(14)6-4-10/h3-6,9,12,17H,7-8H2,1-2H3,(H2,15,16,18). The highest BCUT2D eigenvalue weighted by Crippen LogP contribution is 2.12. The molecule has 0 saturated carbocycles. The van der Waals surface area contributed by atoms with E-state index < -0.39 is 6.10 Å². The largest absolute Gasteiger partial charge is 0.387 e. The Balaban J connectivity index is 2.34. The third-order valence-corrected chi connectivity index (χ3v) is 2.38. The molecule has 1 unspecified atom stereocenters. The van der Waals surface area contributed by atoms with Gasteiger partial charge in [0, 0.05) is 13.1 Å². The Kier molecular flexibility index (Phi) is 5.58. The molecule has 0 aliphatic rings. The first-order valence-electron chi connectivity index (χ1n) is 5.94. The molecule has 0 bridgehead atoms. The molecule has 4 nitrogen and oxygen atoms in total. The van der Waals surface area contributed by atoms with E-state index in [2.05, 4.69) is 10.6 Å². The van der Waals surface area contributed by atoms with Crippen LogP contribution in [0, 0.1) is 11.7 Å². The Morgan fingerprint density at radius 1 is 1.22 bits per heavy atom. The van der Waals surface area contributed by atoms with Crippen molar-refractivity contribution in [3.05, 3.63) is 35.6 Å². The molecule has 0 radical (unpaired) electrons. The molecule has 1 rings (SSSR count). The fourth-order valence-corrected chi connectivity index (χ4v) is 1.35. The summed E-state index contributed by atoms with van der Waals surface area (Å²) in [6.07, 6.45) is -0.838. The second kappa shape index (κ2) is 6.96. The van der Waals surface area contributed by atoms with Crippen molar-refractivity contribution in [3.8, 4) is 0 Å². The van der Waals surface area contributed by atoms with E-state index in [1.165, 1.54) is 24.3 Å². The molecular weight excluding hydrogens is 235 g/mol. The fraction of sp³-hybridized carbons (Fsp3) is 0.462. The van der Waals surface area contributed by atoms with Gasteiger partial charge in [-0.2, -0.15) is 0 Å². The minimum Gasteiger partial charge on any atom is -0.387 e. The van der Waals surface area contributed by atoms with E-state index >= 15 is 0 Å². The van der Waals surface area contributed by atoms with Gasteiger partial charge in [0.05, 0.1) is 6.10 Å². The number of aliphatic hydroxyl groups excluding tert-OH is 1. The van der Waals surface area contributed by atoms with E-state index in [1.54, 1.807) is 0 Å². The molecule has 2 amide bonds. The minimum absolute atomic E-state index is 0.0928. The van der Waals surface area contributed by atoms with Gasteiger partial charge in [-0.05, 0) is 23.6 Å². The summed E-state index contributed by atoms with van der Waals surface area (Å²) in [5.41, 5.74) is 0.570. The van der Waals surface area contributed by atoms with Crippen LogP contribution in [0.15, 0.2) is 24.3 Å². The molecular formula is C13H19FN2O2. The molecule has 0 aliphatic carbocycles. The van der Waals surface area contributed by atoms with Crippen molar-refractivity contribution >= 4 is 6.03 Å². The highest BCUT2D eigenvalue weighted by Gasteiger charge is 2.09. The van der Waals surface area contributed by atoms with Crippen LogP contribution in [0.1, 0.15) is 25.5 Å². The number of carbonyl (C=O) groups is 1. The highest BCUT2D eigenvalue weighted by atomic mass is 19.1. The second-order valence-electron chi connectivity index (χ2n) is 4.55. The average molecular weight is 254 g/mol. The van der Waals surface area contributed by atoms with Crippen molar-refractivity contribution in [1.29, 1.82) is 0 Å². The second-order valence-corrected chi connectivity index (χ2v) is 4.55. The molecule has 0 spiro atoms. The van der Waals surface area contributed by atoms with Crippen molar-refractivity contribution in [2.24, 2.45) is 5.92 Å². The normalized spacial score (nSPS) is 12.3. The Morgan fingerprint density at radius 3 is 2.33 bits per heavy atom. The molecule has 1 aromatic rings. The van der Waals surface area contributed by atoms with Crippen LogP contribution in [0.25, 0.3) is 0 Å². The molecule has 1 atom stereocenters. The van der Waals surface area contributed by atoms with Gasteiger partial charge in [-0.15, -0.1) is 0 Å². The van der Waals surface area contributed by atoms with E-state index in [-0.39, 0.29) is 18.4 Å². The monoisotopic (exact) mass is 254 g/mol. The number of hydrogen-bond acceptors (Lipinski definition) is 2. The van der Waals surface area contributed by atoms with Crippen LogP contribution in [0.3, 0.4) is 0 Å². The molecule has 1 aromatic carbocycles. The molecule has 0 fully saturated rings. The summed E-state index contributed by atoms with van der Waals surface area (Å²) < 4.78 is 12.7. The number of aliphatic hydroxyl groups is 1. The lowest BCUT2D eigenvalue weighted by Crippen LogP contribution is -2.39. The Morgan fingerprint density at radius 2 is 1.78 bits per heavy atom. The maximum atomic E-state index is 12.7. The quantitative estimate of drug-likeness (QED) is 0.750. The van der Waals surface area contributed by atoms with Gasteiger partial charge in [0.1, 0.15) is 5.82 Å². The van der Waals surface area contributed by atoms with Crippen LogP contribution >= 0.6 is 0 Å². The van der Waals surface area contributed by atoms with Gasteiger partial charge in [-0.25, -0.2) is 9.18 Å². The average Bonchev–Trinajstić information content (AvgIpc) is 2.34. The summed E-state index contributed by atoms with van der Waals surface area (Å²) in [6, 6.07) is 5.22. The summed E-state index contributed by atoms with van der Waals surface area (Å²) in [5.74, 6) is 0.0198. The zero-order valence-corrected chi connectivity index (χ0v) is 10.6. The third kappa shape index (κ3) is 5.14. The number of urea groups is 1. The molecule has 3 N–H and O–H groups in total. The van der Waals surface area contributed by atoms with Crippen molar-refractivity contribution < 1.29 is 14.3 Å². The third-order valence-electron chi connectivity index (χ3n) is 2.38. The lowest BCUT2D eigenvalue weighted by Gasteiger charge is -2.13. The molecule has 0 saturated heterocycles. The minimum atomic E-state index is -0.838. The molecule has 0 aliphatic heterocycles. The van der Waals surface area contributed by atoms with E-state index in [4.69, 9.17) is 0 Å². The van der Waals surface area contributed by atoms with E-state index in [9.17, 15) is 14.3 Å². The van der Waals surface area contributed by atoms with Crippen LogP contribution in [-0.2, 0) is 0 Å². The molecule has 18 heavy (non-hydrogen) atoms. The van der Waals surface area contributed by atoms with Crippen LogP contribution in [0.5, 0.6) is 0 Å². The fourth-order valence-electron chi connectivity index (χ4n) is 1.35. The van der Waals surface area contributed by atoms with Gasteiger partial charge < -0.3 is 15.7 Å². The van der Waals surface area contributed by atoms with Gasteiger partial charge >= 0.3 is 6.03 Å². The number of carbonyl (C=O) groups excluding carboxylic acids is 1. The Bertz CT molecular complexity index is 379. The summed E-state index contributed by atoms with van der Waals surface area (Å²) >= 11 is 0. The van der Waals surface area contributed by atoms with Crippen molar-refractivity contribution in [2.75, 3.05) is 13.1 Å². The number of rotatable bonds is 5. The van der Waals surface area contributed by atoms with Gasteiger partial charge in [0.2, 0.25) is 0 Å². The number of hydrogen-bond donors (Lipinski definition) is 3. The number of halogens is 1. The van der Waals surface area contributed by atoms with Crippen LogP contribution < -0.4 is 10.6 Å². The summed E-state index contributed by atoms with van der Waals surface area (Å²) in [4.78, 5) is 11.3. The Labute approximate surface area is 106 Å². The maximum Gasteiger partial charge on any atom is 0.314 e. The summed E-state index contributed by atoms with van der Waals surface area (Å²) in [7, 11) is 0. The SMILES string of the molecule is CC(C)CNC(=O)NCC(O)c1ccc(F)cc1. The first-order chi connectivity index (χ1) is 8.49. The number of nitrogens with one attached hydrogen (secondary N) is 2. The van der Waals surface area contributed by atoms with Crippen molar-refractivity contribution in [1.82, 2.24) is 10.6 Å². The van der Waals surface area contributed by atoms with Gasteiger partial charge in [0.25, 0.3) is 0 Å². The first-order valence-corrected chi connectivity index (χ1v) is 5.94. The molecule has 0 aromatic heterocycles.